The highest BCUT2D eigenvalue weighted by Gasteiger charge is 2.38. The molecule has 0 aromatic carbocycles. The molecule has 120 valence electrons. The van der Waals surface area contributed by atoms with E-state index in [1.54, 1.807) is 15.9 Å². The molecule has 8 heteroatoms. The number of nitrogens with zero attached hydrogens (tertiary/aromatic N) is 4. The predicted octanol–water partition coefficient (Wildman–Crippen LogP) is -0.632. The van der Waals surface area contributed by atoms with Crippen LogP contribution in [0.5, 0.6) is 0 Å². The zero-order valence-corrected chi connectivity index (χ0v) is 12.7. The fraction of sp³-hybridized carbons (Fsp3) is 0.400. The van der Waals surface area contributed by atoms with Gasteiger partial charge in [-0.25, -0.2) is 0 Å². The summed E-state index contributed by atoms with van der Waals surface area (Å²) in [6.07, 6.45) is 1.44. The van der Waals surface area contributed by atoms with Crippen molar-refractivity contribution in [1.29, 1.82) is 0 Å². The van der Waals surface area contributed by atoms with Crippen LogP contribution in [-0.4, -0.2) is 76.0 Å². The summed E-state index contributed by atoms with van der Waals surface area (Å²) in [5.41, 5.74) is 0.318. The van der Waals surface area contributed by atoms with Gasteiger partial charge in [0.25, 0.3) is 11.8 Å². The number of hydrogen-bond donors (Lipinski definition) is 0. The van der Waals surface area contributed by atoms with Crippen molar-refractivity contribution >= 4 is 23.6 Å². The van der Waals surface area contributed by atoms with E-state index < -0.39 is 11.8 Å². The molecule has 23 heavy (non-hydrogen) atoms. The molecular weight excluding hydrogens is 300 g/mol. The van der Waals surface area contributed by atoms with E-state index in [1.165, 1.54) is 19.2 Å². The zero-order valence-electron chi connectivity index (χ0n) is 12.7. The molecule has 4 amide bonds. The Labute approximate surface area is 132 Å². The second-order valence-electron chi connectivity index (χ2n) is 5.48. The number of piperazine rings is 1. The molecule has 0 unspecified atom stereocenters. The monoisotopic (exact) mass is 316 g/mol. The third-order valence-electron chi connectivity index (χ3n) is 4.10. The molecule has 8 nitrogen and oxygen atoms in total. The Morgan fingerprint density at radius 3 is 2.35 bits per heavy atom. The van der Waals surface area contributed by atoms with Gasteiger partial charge in [-0.15, -0.1) is 0 Å². The van der Waals surface area contributed by atoms with Crippen molar-refractivity contribution in [3.05, 3.63) is 29.6 Å². The smallest absolute Gasteiger partial charge is 0.280 e. The van der Waals surface area contributed by atoms with Gasteiger partial charge in [0.1, 0.15) is 12.2 Å². The minimum atomic E-state index is -0.540. The first kappa shape index (κ1) is 15.1. The molecule has 0 N–H and O–H groups in total. The highest BCUT2D eigenvalue weighted by molar-refractivity contribution is 6.21. The van der Waals surface area contributed by atoms with E-state index in [1.807, 2.05) is 0 Å². The average Bonchev–Trinajstić information content (AvgIpc) is 2.80. The van der Waals surface area contributed by atoms with E-state index in [4.69, 9.17) is 0 Å². The Hall–Kier alpha value is -2.77. The van der Waals surface area contributed by atoms with Crippen LogP contribution in [0.1, 0.15) is 27.8 Å². The summed E-state index contributed by atoms with van der Waals surface area (Å²) in [6, 6.07) is 3.11. The van der Waals surface area contributed by atoms with Crippen LogP contribution in [0.2, 0.25) is 0 Å². The third-order valence-corrected chi connectivity index (χ3v) is 4.10. The third kappa shape index (κ3) is 2.67. The molecule has 3 rings (SSSR count). The number of imide groups is 1. The largest absolute Gasteiger partial charge is 0.339 e. The lowest BCUT2D eigenvalue weighted by Gasteiger charge is -2.34. The highest BCUT2D eigenvalue weighted by Crippen LogP contribution is 2.20. The lowest BCUT2D eigenvalue weighted by Crippen LogP contribution is -2.52. The summed E-state index contributed by atoms with van der Waals surface area (Å²) < 4.78 is 0. The molecule has 0 atom stereocenters. The molecule has 2 aliphatic heterocycles. The summed E-state index contributed by atoms with van der Waals surface area (Å²) in [7, 11) is 0. The SMILES string of the molecule is CC(=O)N1CCN(C(=O)CN2C(=O)c3cccnc3C2=O)CC1. The number of carbonyl (C=O) groups is 4. The molecular formula is C15H16N4O4. The van der Waals surface area contributed by atoms with Crippen LogP contribution in [0.3, 0.4) is 0 Å². The van der Waals surface area contributed by atoms with E-state index in [-0.39, 0.29) is 29.6 Å². The summed E-state index contributed by atoms with van der Waals surface area (Å²) >= 11 is 0. The van der Waals surface area contributed by atoms with Crippen LogP contribution in [0.4, 0.5) is 0 Å². The van der Waals surface area contributed by atoms with E-state index in [9.17, 15) is 19.2 Å². The summed E-state index contributed by atoms with van der Waals surface area (Å²) in [6.45, 7) is 2.92. The second kappa shape index (κ2) is 5.79. The van der Waals surface area contributed by atoms with Crippen molar-refractivity contribution in [1.82, 2.24) is 19.7 Å². The second-order valence-corrected chi connectivity index (χ2v) is 5.48. The van der Waals surface area contributed by atoms with Crippen LogP contribution in [0.25, 0.3) is 0 Å². The maximum Gasteiger partial charge on any atom is 0.280 e. The lowest BCUT2D eigenvalue weighted by atomic mass is 10.2. The van der Waals surface area contributed by atoms with Gasteiger partial charge in [0.05, 0.1) is 5.56 Å². The molecule has 0 aliphatic carbocycles. The van der Waals surface area contributed by atoms with Crippen molar-refractivity contribution in [2.24, 2.45) is 0 Å². The van der Waals surface area contributed by atoms with Gasteiger partial charge in [-0.2, -0.15) is 0 Å². The van der Waals surface area contributed by atoms with E-state index in [0.29, 0.717) is 26.2 Å². The number of pyridine rings is 1. The van der Waals surface area contributed by atoms with Crippen LogP contribution >= 0.6 is 0 Å². The molecule has 0 spiro atoms. The van der Waals surface area contributed by atoms with E-state index in [0.717, 1.165) is 4.90 Å². The molecule has 2 aliphatic rings. The minimum absolute atomic E-state index is 0.0245. The topological polar surface area (TPSA) is 90.9 Å². The quantitative estimate of drug-likeness (QED) is 0.678. The van der Waals surface area contributed by atoms with E-state index >= 15 is 0 Å². The first-order chi connectivity index (χ1) is 11.0. The molecule has 1 aromatic heterocycles. The molecule has 1 fully saturated rings. The van der Waals surface area contributed by atoms with Gasteiger partial charge in [-0.05, 0) is 12.1 Å². The normalized spacial score (nSPS) is 17.5. The average molecular weight is 316 g/mol. The fourth-order valence-corrected chi connectivity index (χ4v) is 2.76. The van der Waals surface area contributed by atoms with Crippen molar-refractivity contribution in [3.63, 3.8) is 0 Å². The van der Waals surface area contributed by atoms with Gasteiger partial charge >= 0.3 is 0 Å². The van der Waals surface area contributed by atoms with Gasteiger partial charge in [-0.3, -0.25) is 29.1 Å². The summed E-state index contributed by atoms with van der Waals surface area (Å²) in [5.74, 6) is -1.36. The van der Waals surface area contributed by atoms with Crippen LogP contribution < -0.4 is 0 Å². The summed E-state index contributed by atoms with van der Waals surface area (Å²) in [5, 5.41) is 0. The molecule has 0 bridgehead atoms. The molecule has 1 aromatic rings. The van der Waals surface area contributed by atoms with Crippen molar-refractivity contribution < 1.29 is 19.2 Å². The van der Waals surface area contributed by atoms with Crippen molar-refractivity contribution in [2.75, 3.05) is 32.7 Å². The summed E-state index contributed by atoms with van der Waals surface area (Å²) in [4.78, 5) is 56.1. The lowest BCUT2D eigenvalue weighted by molar-refractivity contribution is -0.138. The Balaban J connectivity index is 1.65. The fourth-order valence-electron chi connectivity index (χ4n) is 2.76. The van der Waals surface area contributed by atoms with Crippen molar-refractivity contribution in [2.45, 2.75) is 6.92 Å². The Kier molecular flexibility index (Phi) is 3.81. The van der Waals surface area contributed by atoms with Gasteiger partial charge in [-0.1, -0.05) is 0 Å². The number of aromatic nitrogens is 1. The van der Waals surface area contributed by atoms with Crippen LogP contribution in [0, 0.1) is 0 Å². The maximum atomic E-state index is 12.3. The molecule has 3 heterocycles. The first-order valence-electron chi connectivity index (χ1n) is 7.33. The molecule has 0 saturated carbocycles. The first-order valence-corrected chi connectivity index (χ1v) is 7.33. The number of rotatable bonds is 2. The number of hydrogen-bond acceptors (Lipinski definition) is 5. The number of fused-ring (bicyclic) bond motifs is 1. The zero-order chi connectivity index (χ0) is 16.6. The number of carbonyl (C=O) groups excluding carboxylic acids is 4. The maximum absolute atomic E-state index is 12.3. The standard InChI is InChI=1S/C15H16N4O4/c1-10(20)17-5-7-18(8-6-17)12(21)9-19-14(22)11-3-2-4-16-13(11)15(19)23/h2-4H,5-9H2,1H3. The Bertz CT molecular complexity index is 659. The van der Waals surface area contributed by atoms with E-state index in [2.05, 4.69) is 4.98 Å². The van der Waals surface area contributed by atoms with Crippen LogP contribution in [-0.2, 0) is 9.59 Å². The van der Waals surface area contributed by atoms with Gasteiger partial charge < -0.3 is 9.80 Å². The highest BCUT2D eigenvalue weighted by atomic mass is 16.2. The Morgan fingerprint density at radius 2 is 1.74 bits per heavy atom. The van der Waals surface area contributed by atoms with Gasteiger partial charge in [0, 0.05) is 39.3 Å². The Morgan fingerprint density at radius 1 is 1.09 bits per heavy atom. The van der Waals surface area contributed by atoms with Crippen molar-refractivity contribution in [3.8, 4) is 0 Å². The number of amides is 4. The molecule has 0 radical (unpaired) electrons. The molecule has 1 saturated heterocycles. The predicted molar refractivity (Wildman–Crippen MR) is 78.4 cm³/mol. The minimum Gasteiger partial charge on any atom is -0.339 e. The van der Waals surface area contributed by atoms with Crippen LogP contribution in [0.15, 0.2) is 18.3 Å². The van der Waals surface area contributed by atoms with Gasteiger partial charge in [0.15, 0.2) is 0 Å². The van der Waals surface area contributed by atoms with Gasteiger partial charge in [0.2, 0.25) is 11.8 Å².